The van der Waals surface area contributed by atoms with E-state index in [1.54, 1.807) is 0 Å². The van der Waals surface area contributed by atoms with Gasteiger partial charge in [0.2, 0.25) is 0 Å². The van der Waals surface area contributed by atoms with Crippen LogP contribution in [-0.2, 0) is 5.88 Å². The van der Waals surface area contributed by atoms with Crippen molar-refractivity contribution in [1.82, 2.24) is 4.98 Å². The summed E-state index contributed by atoms with van der Waals surface area (Å²) >= 11 is 16.8. The molecule has 0 aromatic carbocycles. The summed E-state index contributed by atoms with van der Waals surface area (Å²) in [6.45, 7) is 0. The first kappa shape index (κ1) is 9.78. The van der Waals surface area contributed by atoms with Crippen molar-refractivity contribution in [3.05, 3.63) is 27.5 Å². The number of carbonyl (C=O) groups excluding carboxylic acids is 1. The zero-order valence-electron chi connectivity index (χ0n) is 5.85. The Kier molecular flexibility index (Phi) is 3.32. The number of aldehydes is 1. The van der Waals surface area contributed by atoms with Crippen LogP contribution in [0.5, 0.6) is 0 Å². The van der Waals surface area contributed by atoms with E-state index in [1.165, 1.54) is 6.07 Å². The van der Waals surface area contributed by atoms with Gasteiger partial charge in [-0.15, -0.1) is 11.6 Å². The predicted molar refractivity (Wildman–Crippen MR) is 49.2 cm³/mol. The molecule has 0 saturated carbocycles. The molecule has 0 aliphatic rings. The number of carbonyl (C=O) groups is 1. The van der Waals surface area contributed by atoms with E-state index in [-0.39, 0.29) is 16.2 Å². The Morgan fingerprint density at radius 2 is 2.17 bits per heavy atom. The molecule has 0 radical (unpaired) electrons. The quantitative estimate of drug-likeness (QED) is 0.439. The lowest BCUT2D eigenvalue weighted by atomic mass is 10.2. The van der Waals surface area contributed by atoms with Gasteiger partial charge in [-0.3, -0.25) is 4.79 Å². The minimum atomic E-state index is 0.0909. The maximum atomic E-state index is 10.5. The van der Waals surface area contributed by atoms with Gasteiger partial charge in [-0.05, 0) is 11.6 Å². The molecule has 0 atom stereocenters. The van der Waals surface area contributed by atoms with Gasteiger partial charge in [-0.2, -0.15) is 0 Å². The minimum Gasteiger partial charge on any atom is -0.298 e. The van der Waals surface area contributed by atoms with E-state index < -0.39 is 0 Å². The lowest BCUT2D eigenvalue weighted by molar-refractivity contribution is 0.112. The highest BCUT2D eigenvalue weighted by atomic mass is 35.5. The highest BCUT2D eigenvalue weighted by Gasteiger charge is 2.08. The maximum absolute atomic E-state index is 10.5. The van der Waals surface area contributed by atoms with Crippen molar-refractivity contribution in [2.24, 2.45) is 0 Å². The Labute approximate surface area is 84.5 Å². The van der Waals surface area contributed by atoms with Crippen LogP contribution in [0, 0.1) is 0 Å². The fraction of sp³-hybridized carbons (Fsp3) is 0.143. The third-order valence-corrected chi connectivity index (χ3v) is 2.10. The normalized spacial score (nSPS) is 9.92. The van der Waals surface area contributed by atoms with Crippen LogP contribution in [0.25, 0.3) is 0 Å². The van der Waals surface area contributed by atoms with Gasteiger partial charge in [0.05, 0.1) is 5.56 Å². The van der Waals surface area contributed by atoms with Crippen LogP contribution in [0.2, 0.25) is 10.3 Å². The second kappa shape index (κ2) is 4.08. The molecular weight excluding hydrogens is 220 g/mol. The molecule has 5 heteroatoms. The third-order valence-electron chi connectivity index (χ3n) is 1.33. The van der Waals surface area contributed by atoms with E-state index >= 15 is 0 Å². The second-order valence-corrected chi connectivity index (χ2v) is 3.07. The zero-order valence-corrected chi connectivity index (χ0v) is 8.12. The number of pyridine rings is 1. The van der Waals surface area contributed by atoms with Crippen LogP contribution in [0.1, 0.15) is 15.9 Å². The van der Waals surface area contributed by atoms with Crippen molar-refractivity contribution in [2.75, 3.05) is 0 Å². The number of hydrogen-bond donors (Lipinski definition) is 0. The van der Waals surface area contributed by atoms with Gasteiger partial charge >= 0.3 is 0 Å². The van der Waals surface area contributed by atoms with Crippen molar-refractivity contribution in [3.8, 4) is 0 Å². The number of nitrogens with zero attached hydrogens (tertiary/aromatic N) is 1. The average Bonchev–Trinajstić information content (AvgIpc) is 2.03. The van der Waals surface area contributed by atoms with Crippen LogP contribution >= 0.6 is 34.8 Å². The van der Waals surface area contributed by atoms with Crippen LogP contribution in [0.15, 0.2) is 6.07 Å². The smallest absolute Gasteiger partial charge is 0.153 e. The number of halogens is 3. The first-order chi connectivity index (χ1) is 5.69. The van der Waals surface area contributed by atoms with Crippen molar-refractivity contribution in [2.45, 2.75) is 5.88 Å². The van der Waals surface area contributed by atoms with Crippen LogP contribution in [0.3, 0.4) is 0 Å². The molecule has 0 fully saturated rings. The Bertz CT molecular complexity index is 314. The van der Waals surface area contributed by atoms with E-state index in [4.69, 9.17) is 34.8 Å². The number of aromatic nitrogens is 1. The molecule has 2 nitrogen and oxygen atoms in total. The summed E-state index contributed by atoms with van der Waals surface area (Å²) in [5.41, 5.74) is 0.896. The third kappa shape index (κ3) is 1.89. The SMILES string of the molecule is O=Cc1c(CCl)cc(Cl)nc1Cl. The summed E-state index contributed by atoms with van der Waals surface area (Å²) in [5.74, 6) is 0.191. The highest BCUT2D eigenvalue weighted by molar-refractivity contribution is 6.34. The van der Waals surface area contributed by atoms with Gasteiger partial charge in [0.1, 0.15) is 10.3 Å². The standard InChI is InChI=1S/C7H4Cl3NO/c8-2-4-1-6(9)11-7(10)5(4)3-12/h1,3H,2H2. The fourth-order valence-corrected chi connectivity index (χ4v) is 1.51. The maximum Gasteiger partial charge on any atom is 0.153 e. The van der Waals surface area contributed by atoms with Gasteiger partial charge < -0.3 is 0 Å². The number of hydrogen-bond acceptors (Lipinski definition) is 2. The summed E-state index contributed by atoms with van der Waals surface area (Å²) in [6.07, 6.45) is 0.614. The predicted octanol–water partition coefficient (Wildman–Crippen LogP) is 2.94. The van der Waals surface area contributed by atoms with E-state index in [0.29, 0.717) is 17.4 Å². The molecule has 0 aliphatic carbocycles. The first-order valence-electron chi connectivity index (χ1n) is 3.05. The van der Waals surface area contributed by atoms with E-state index in [2.05, 4.69) is 4.98 Å². The molecule has 1 aromatic heterocycles. The van der Waals surface area contributed by atoms with Crippen LogP contribution in [-0.4, -0.2) is 11.3 Å². The Balaban J connectivity index is 3.33. The Morgan fingerprint density at radius 1 is 1.50 bits per heavy atom. The van der Waals surface area contributed by atoms with Gasteiger partial charge in [0.15, 0.2) is 6.29 Å². The molecule has 0 unspecified atom stereocenters. The zero-order chi connectivity index (χ0) is 9.14. The van der Waals surface area contributed by atoms with Crippen molar-refractivity contribution in [3.63, 3.8) is 0 Å². The molecule has 1 rings (SSSR count). The number of alkyl halides is 1. The first-order valence-corrected chi connectivity index (χ1v) is 4.34. The summed E-state index contributed by atoms with van der Waals surface area (Å²) in [6, 6.07) is 1.52. The molecule has 64 valence electrons. The molecule has 0 aliphatic heterocycles. The second-order valence-electron chi connectivity index (χ2n) is 2.06. The molecular formula is C7H4Cl3NO. The monoisotopic (exact) mass is 223 g/mol. The van der Waals surface area contributed by atoms with Gasteiger partial charge in [-0.1, -0.05) is 23.2 Å². The molecule has 0 saturated heterocycles. The Hall–Kier alpha value is -0.310. The fourth-order valence-electron chi connectivity index (χ4n) is 0.775. The van der Waals surface area contributed by atoms with Crippen molar-refractivity contribution < 1.29 is 4.79 Å². The number of rotatable bonds is 2. The molecule has 1 aromatic rings. The highest BCUT2D eigenvalue weighted by Crippen LogP contribution is 2.21. The molecule has 0 N–H and O–H groups in total. The van der Waals surface area contributed by atoms with Gasteiger partial charge in [0.25, 0.3) is 0 Å². The average molecular weight is 224 g/mol. The van der Waals surface area contributed by atoms with Crippen molar-refractivity contribution in [1.29, 1.82) is 0 Å². The van der Waals surface area contributed by atoms with E-state index in [0.717, 1.165) is 0 Å². The topological polar surface area (TPSA) is 30.0 Å². The van der Waals surface area contributed by atoms with Crippen LogP contribution < -0.4 is 0 Å². The minimum absolute atomic E-state index is 0.0909. The lowest BCUT2D eigenvalue weighted by Gasteiger charge is -2.02. The molecule has 1 heterocycles. The van der Waals surface area contributed by atoms with E-state index in [9.17, 15) is 4.79 Å². The van der Waals surface area contributed by atoms with Crippen molar-refractivity contribution >= 4 is 41.1 Å². The van der Waals surface area contributed by atoms with Gasteiger partial charge in [-0.25, -0.2) is 4.98 Å². The molecule has 12 heavy (non-hydrogen) atoms. The largest absolute Gasteiger partial charge is 0.298 e. The van der Waals surface area contributed by atoms with E-state index in [1.807, 2.05) is 0 Å². The summed E-state index contributed by atoms with van der Waals surface area (Å²) < 4.78 is 0. The Morgan fingerprint density at radius 3 is 2.67 bits per heavy atom. The molecule has 0 bridgehead atoms. The summed E-state index contributed by atoms with van der Waals surface area (Å²) in [4.78, 5) is 14.2. The van der Waals surface area contributed by atoms with Crippen LogP contribution in [0.4, 0.5) is 0 Å². The summed E-state index contributed by atoms with van der Waals surface area (Å²) in [5, 5.41) is 0.328. The molecule has 0 spiro atoms. The summed E-state index contributed by atoms with van der Waals surface area (Å²) in [7, 11) is 0. The van der Waals surface area contributed by atoms with Gasteiger partial charge in [0, 0.05) is 5.88 Å². The molecule has 0 amide bonds. The lowest BCUT2D eigenvalue weighted by Crippen LogP contribution is -1.94.